The molecule has 0 saturated carbocycles. The summed E-state index contributed by atoms with van der Waals surface area (Å²) in [6.45, 7) is 1.93. The van der Waals surface area contributed by atoms with Gasteiger partial charge < -0.3 is 15.4 Å². The fraction of sp³-hybridized carbons (Fsp3) is 0.500. The van der Waals surface area contributed by atoms with Crippen molar-refractivity contribution in [3.05, 3.63) is 20.8 Å². The van der Waals surface area contributed by atoms with E-state index in [0.717, 1.165) is 21.7 Å². The molecular formula is C10H13BrN2O2S. The van der Waals surface area contributed by atoms with Gasteiger partial charge in [0.2, 0.25) is 0 Å². The summed E-state index contributed by atoms with van der Waals surface area (Å²) in [5.41, 5.74) is 0. The number of hydrogen-bond donors (Lipinski definition) is 2. The van der Waals surface area contributed by atoms with Crippen molar-refractivity contribution in [3.63, 3.8) is 0 Å². The van der Waals surface area contributed by atoms with Gasteiger partial charge >= 0.3 is 6.03 Å². The Kier molecular flexibility index (Phi) is 4.20. The van der Waals surface area contributed by atoms with Crippen molar-refractivity contribution in [1.82, 2.24) is 10.6 Å². The maximum atomic E-state index is 11.5. The van der Waals surface area contributed by atoms with Crippen molar-refractivity contribution >= 4 is 33.3 Å². The van der Waals surface area contributed by atoms with Crippen molar-refractivity contribution in [2.24, 2.45) is 0 Å². The predicted octanol–water partition coefficient (Wildman–Crippen LogP) is 2.10. The third kappa shape index (κ3) is 3.47. The second-order valence-electron chi connectivity index (χ2n) is 3.59. The number of nitrogens with one attached hydrogen (secondary N) is 2. The molecule has 2 amide bonds. The number of rotatable bonds is 3. The molecule has 1 aromatic heterocycles. The number of halogens is 1. The lowest BCUT2D eigenvalue weighted by Crippen LogP contribution is -2.41. The molecule has 2 heterocycles. The summed E-state index contributed by atoms with van der Waals surface area (Å²) in [4.78, 5) is 12.6. The molecule has 2 rings (SSSR count). The van der Waals surface area contributed by atoms with Crippen LogP contribution >= 0.6 is 27.3 Å². The van der Waals surface area contributed by atoms with E-state index in [2.05, 4.69) is 26.6 Å². The van der Waals surface area contributed by atoms with E-state index in [0.29, 0.717) is 13.2 Å². The van der Waals surface area contributed by atoms with E-state index in [1.807, 2.05) is 12.1 Å². The molecule has 0 aromatic carbocycles. The average molecular weight is 305 g/mol. The molecule has 2 N–H and O–H groups in total. The second kappa shape index (κ2) is 5.65. The number of thiophene rings is 1. The normalized spacial score (nSPS) is 19.7. The summed E-state index contributed by atoms with van der Waals surface area (Å²) < 4.78 is 6.26. The van der Waals surface area contributed by atoms with Gasteiger partial charge in [-0.15, -0.1) is 11.3 Å². The molecule has 0 spiro atoms. The van der Waals surface area contributed by atoms with Crippen molar-refractivity contribution in [3.8, 4) is 0 Å². The Hall–Kier alpha value is -0.590. The number of ether oxygens (including phenoxy) is 1. The highest BCUT2D eigenvalue weighted by molar-refractivity contribution is 9.11. The summed E-state index contributed by atoms with van der Waals surface area (Å²) in [5.74, 6) is 0. The van der Waals surface area contributed by atoms with Crippen LogP contribution in [0.2, 0.25) is 0 Å². The zero-order valence-corrected chi connectivity index (χ0v) is 11.1. The van der Waals surface area contributed by atoms with E-state index in [4.69, 9.17) is 4.74 Å². The van der Waals surface area contributed by atoms with E-state index in [1.165, 1.54) is 0 Å². The third-order valence-electron chi connectivity index (χ3n) is 2.32. The van der Waals surface area contributed by atoms with Gasteiger partial charge in [-0.1, -0.05) is 0 Å². The Morgan fingerprint density at radius 3 is 3.12 bits per heavy atom. The minimum Gasteiger partial charge on any atom is -0.379 e. The molecule has 0 aliphatic carbocycles. The van der Waals surface area contributed by atoms with Gasteiger partial charge in [-0.2, -0.15) is 0 Å². The van der Waals surface area contributed by atoms with Gasteiger partial charge in [0.15, 0.2) is 0 Å². The average Bonchev–Trinajstić information content (AvgIpc) is 2.87. The SMILES string of the molecule is O=C(NCc1ccc(Br)s1)NC1CCOC1. The first kappa shape index (κ1) is 11.9. The van der Waals surface area contributed by atoms with Gasteiger partial charge in [0.25, 0.3) is 0 Å². The first-order chi connectivity index (χ1) is 7.74. The molecule has 1 aliphatic heterocycles. The van der Waals surface area contributed by atoms with Crippen LogP contribution in [0.5, 0.6) is 0 Å². The summed E-state index contributed by atoms with van der Waals surface area (Å²) in [7, 11) is 0. The minimum absolute atomic E-state index is 0.125. The molecule has 1 saturated heterocycles. The summed E-state index contributed by atoms with van der Waals surface area (Å²) in [6, 6.07) is 4.01. The Morgan fingerprint density at radius 1 is 1.62 bits per heavy atom. The Labute approximate surface area is 106 Å². The largest absolute Gasteiger partial charge is 0.379 e. The van der Waals surface area contributed by atoms with Crippen LogP contribution in [0.25, 0.3) is 0 Å². The quantitative estimate of drug-likeness (QED) is 0.898. The lowest BCUT2D eigenvalue weighted by Gasteiger charge is -2.11. The van der Waals surface area contributed by atoms with Crippen molar-refractivity contribution in [1.29, 1.82) is 0 Å². The molecule has 1 atom stereocenters. The molecule has 6 heteroatoms. The molecule has 1 aliphatic rings. The number of carbonyl (C=O) groups is 1. The fourth-order valence-electron chi connectivity index (χ4n) is 1.50. The lowest BCUT2D eigenvalue weighted by molar-refractivity contribution is 0.188. The van der Waals surface area contributed by atoms with Crippen molar-refractivity contribution < 1.29 is 9.53 Å². The Bertz CT molecular complexity index is 363. The Balaban J connectivity index is 1.71. The van der Waals surface area contributed by atoms with E-state index in [1.54, 1.807) is 11.3 Å². The summed E-state index contributed by atoms with van der Waals surface area (Å²) in [5, 5.41) is 5.70. The predicted molar refractivity (Wildman–Crippen MR) is 66.6 cm³/mol. The van der Waals surface area contributed by atoms with Crippen LogP contribution in [0.15, 0.2) is 15.9 Å². The minimum atomic E-state index is -0.125. The standard InChI is InChI=1S/C10H13BrN2O2S/c11-9-2-1-8(16-9)5-12-10(14)13-7-3-4-15-6-7/h1-2,7H,3-6H2,(H2,12,13,14). The van der Waals surface area contributed by atoms with Gasteiger partial charge in [0.1, 0.15) is 0 Å². The molecule has 4 nitrogen and oxygen atoms in total. The number of urea groups is 1. The highest BCUT2D eigenvalue weighted by Gasteiger charge is 2.17. The number of amides is 2. The zero-order valence-electron chi connectivity index (χ0n) is 8.66. The topological polar surface area (TPSA) is 50.4 Å². The molecular weight excluding hydrogens is 292 g/mol. The van der Waals surface area contributed by atoms with Gasteiger partial charge in [0, 0.05) is 11.5 Å². The molecule has 88 valence electrons. The van der Waals surface area contributed by atoms with Crippen LogP contribution in [0, 0.1) is 0 Å². The molecule has 16 heavy (non-hydrogen) atoms. The van der Waals surface area contributed by atoms with Crippen molar-refractivity contribution in [2.45, 2.75) is 19.0 Å². The van der Waals surface area contributed by atoms with E-state index < -0.39 is 0 Å². The lowest BCUT2D eigenvalue weighted by atomic mass is 10.3. The third-order valence-corrected chi connectivity index (χ3v) is 3.94. The molecule has 1 unspecified atom stereocenters. The first-order valence-electron chi connectivity index (χ1n) is 5.10. The summed E-state index contributed by atoms with van der Waals surface area (Å²) >= 11 is 5.01. The van der Waals surface area contributed by atoms with Crippen LogP contribution in [0.1, 0.15) is 11.3 Å². The van der Waals surface area contributed by atoms with E-state index in [9.17, 15) is 4.79 Å². The smallest absolute Gasteiger partial charge is 0.315 e. The second-order valence-corrected chi connectivity index (χ2v) is 6.14. The van der Waals surface area contributed by atoms with Gasteiger partial charge in [0.05, 0.1) is 23.0 Å². The maximum Gasteiger partial charge on any atom is 0.315 e. The highest BCUT2D eigenvalue weighted by Crippen LogP contribution is 2.21. The molecule has 1 aromatic rings. The van der Waals surface area contributed by atoms with Crippen LogP contribution in [-0.2, 0) is 11.3 Å². The molecule has 1 fully saturated rings. The zero-order chi connectivity index (χ0) is 11.4. The van der Waals surface area contributed by atoms with Crippen molar-refractivity contribution in [2.75, 3.05) is 13.2 Å². The fourth-order valence-corrected chi connectivity index (χ4v) is 2.92. The molecule has 0 radical (unpaired) electrons. The van der Waals surface area contributed by atoms with Gasteiger partial charge in [-0.3, -0.25) is 0 Å². The van der Waals surface area contributed by atoms with Crippen LogP contribution in [0.4, 0.5) is 4.79 Å². The van der Waals surface area contributed by atoms with Crippen LogP contribution < -0.4 is 10.6 Å². The maximum absolute atomic E-state index is 11.5. The summed E-state index contributed by atoms with van der Waals surface area (Å²) in [6.07, 6.45) is 0.901. The first-order valence-corrected chi connectivity index (χ1v) is 6.71. The van der Waals surface area contributed by atoms with E-state index >= 15 is 0 Å². The van der Waals surface area contributed by atoms with Gasteiger partial charge in [-0.05, 0) is 34.5 Å². The Morgan fingerprint density at radius 2 is 2.50 bits per heavy atom. The monoisotopic (exact) mass is 304 g/mol. The van der Waals surface area contributed by atoms with Crippen LogP contribution in [-0.4, -0.2) is 25.3 Å². The van der Waals surface area contributed by atoms with Crippen LogP contribution in [0.3, 0.4) is 0 Å². The van der Waals surface area contributed by atoms with E-state index in [-0.39, 0.29) is 12.1 Å². The van der Waals surface area contributed by atoms with Gasteiger partial charge in [-0.25, -0.2) is 4.79 Å². The number of carbonyl (C=O) groups excluding carboxylic acids is 1. The number of hydrogen-bond acceptors (Lipinski definition) is 3. The molecule has 0 bridgehead atoms. The highest BCUT2D eigenvalue weighted by atomic mass is 79.9.